The normalized spacial score (nSPS) is 16.7. The van der Waals surface area contributed by atoms with Gasteiger partial charge in [0.15, 0.2) is 0 Å². The van der Waals surface area contributed by atoms with Gasteiger partial charge in [0, 0.05) is 37.8 Å². The molecule has 0 saturated carbocycles. The molecule has 1 atom stereocenters. The first-order chi connectivity index (χ1) is 7.02. The number of hydrogen-bond donors (Lipinski definition) is 1. The molecule has 0 aromatic carbocycles. The summed E-state index contributed by atoms with van der Waals surface area (Å²) in [5.41, 5.74) is 8.13. The predicted octanol–water partition coefficient (Wildman–Crippen LogP) is 0.626. The highest BCUT2D eigenvalue weighted by atomic mass is 16.1. The van der Waals surface area contributed by atoms with Gasteiger partial charge in [-0.15, -0.1) is 0 Å². The number of pyridine rings is 1. The average molecular weight is 207 g/mol. The molecular formula is C11H17N3O. The molecule has 0 radical (unpaired) electrons. The van der Waals surface area contributed by atoms with Crippen LogP contribution >= 0.6 is 0 Å². The van der Waals surface area contributed by atoms with Crippen molar-refractivity contribution in [1.82, 2.24) is 4.57 Å². The van der Waals surface area contributed by atoms with E-state index in [1.807, 2.05) is 25.5 Å². The first-order valence-electron chi connectivity index (χ1n) is 5.23. The summed E-state index contributed by atoms with van der Waals surface area (Å²) >= 11 is 0. The zero-order chi connectivity index (χ0) is 11.2. The summed E-state index contributed by atoms with van der Waals surface area (Å²) in [4.78, 5) is 13.9. The van der Waals surface area contributed by atoms with Crippen LogP contribution in [0.5, 0.6) is 0 Å². The number of aromatic nitrogens is 1. The molecule has 1 aromatic rings. The third-order valence-corrected chi connectivity index (χ3v) is 3.00. The lowest BCUT2D eigenvalue weighted by molar-refractivity contribution is 0.742. The minimum absolute atomic E-state index is 0.0348. The van der Waals surface area contributed by atoms with Gasteiger partial charge in [0.2, 0.25) is 0 Å². The van der Waals surface area contributed by atoms with Crippen molar-refractivity contribution in [2.75, 3.05) is 18.5 Å². The van der Waals surface area contributed by atoms with Crippen molar-refractivity contribution in [1.29, 1.82) is 0 Å². The Bertz CT molecular complexity index is 448. The van der Waals surface area contributed by atoms with Gasteiger partial charge in [-0.05, 0) is 19.4 Å². The Morgan fingerprint density at radius 3 is 2.73 bits per heavy atom. The minimum atomic E-state index is -0.0348. The second-order valence-electron chi connectivity index (χ2n) is 4.26. The number of hydrogen-bond acceptors (Lipinski definition) is 3. The van der Waals surface area contributed by atoms with Gasteiger partial charge in [0.1, 0.15) is 5.82 Å². The number of nitrogens with zero attached hydrogens (tertiary/aromatic N) is 2. The largest absolute Gasteiger partial charge is 0.359 e. The van der Waals surface area contributed by atoms with Crippen LogP contribution in [-0.2, 0) is 6.54 Å². The Hall–Kier alpha value is -1.29. The van der Waals surface area contributed by atoms with Crippen LogP contribution in [0.2, 0.25) is 0 Å². The van der Waals surface area contributed by atoms with Gasteiger partial charge in [0.05, 0.1) is 0 Å². The van der Waals surface area contributed by atoms with E-state index < -0.39 is 0 Å². The standard InChI is InChI=1S/C11H17N3O/c1-7-6-9(15)14-5-4-13(3)11(14)10(7)8(2)12/h6,8H,4-5,12H2,1-3H3. The Morgan fingerprint density at radius 1 is 1.47 bits per heavy atom. The number of likely N-dealkylation sites (N-methyl/N-ethyl adjacent to an activating group) is 1. The molecule has 0 bridgehead atoms. The molecule has 0 fully saturated rings. The highest BCUT2D eigenvalue weighted by Gasteiger charge is 2.23. The zero-order valence-corrected chi connectivity index (χ0v) is 9.45. The molecule has 1 aromatic heterocycles. The molecule has 1 unspecified atom stereocenters. The second kappa shape index (κ2) is 3.38. The van der Waals surface area contributed by atoms with Crippen molar-refractivity contribution in [3.05, 3.63) is 27.5 Å². The molecule has 1 aliphatic rings. The highest BCUT2D eigenvalue weighted by molar-refractivity contribution is 5.54. The van der Waals surface area contributed by atoms with E-state index in [0.29, 0.717) is 0 Å². The van der Waals surface area contributed by atoms with Crippen molar-refractivity contribution in [2.45, 2.75) is 26.4 Å². The van der Waals surface area contributed by atoms with Crippen LogP contribution in [0.15, 0.2) is 10.9 Å². The lowest BCUT2D eigenvalue weighted by Gasteiger charge is -2.20. The SMILES string of the molecule is Cc1cc(=O)n2c(c1C(C)N)N(C)CC2. The van der Waals surface area contributed by atoms with Crippen LogP contribution in [-0.4, -0.2) is 18.2 Å². The van der Waals surface area contributed by atoms with Crippen LogP contribution in [0, 0.1) is 6.92 Å². The summed E-state index contributed by atoms with van der Waals surface area (Å²) in [5.74, 6) is 0.995. The highest BCUT2D eigenvalue weighted by Crippen LogP contribution is 2.29. The molecule has 4 nitrogen and oxygen atoms in total. The summed E-state index contributed by atoms with van der Waals surface area (Å²) < 4.78 is 1.81. The summed E-state index contributed by atoms with van der Waals surface area (Å²) in [6.45, 7) is 5.57. The van der Waals surface area contributed by atoms with E-state index >= 15 is 0 Å². The van der Waals surface area contributed by atoms with E-state index in [-0.39, 0.29) is 11.6 Å². The summed E-state index contributed by atoms with van der Waals surface area (Å²) in [6, 6.07) is 1.65. The van der Waals surface area contributed by atoms with E-state index in [2.05, 4.69) is 4.90 Å². The fourth-order valence-corrected chi connectivity index (χ4v) is 2.31. The van der Waals surface area contributed by atoms with Crippen LogP contribution in [0.3, 0.4) is 0 Å². The number of fused-ring (bicyclic) bond motifs is 1. The fourth-order valence-electron chi connectivity index (χ4n) is 2.31. The van der Waals surface area contributed by atoms with Gasteiger partial charge >= 0.3 is 0 Å². The molecule has 4 heteroatoms. The van der Waals surface area contributed by atoms with Gasteiger partial charge in [-0.1, -0.05) is 0 Å². The zero-order valence-electron chi connectivity index (χ0n) is 9.45. The third-order valence-electron chi connectivity index (χ3n) is 3.00. The molecule has 0 saturated heterocycles. The van der Waals surface area contributed by atoms with E-state index in [4.69, 9.17) is 5.73 Å². The Balaban J connectivity index is 2.76. The Labute approximate surface area is 89.3 Å². The Kier molecular flexibility index (Phi) is 2.31. The fraction of sp³-hybridized carbons (Fsp3) is 0.545. The molecule has 2 rings (SSSR count). The molecule has 1 aliphatic heterocycles. The third kappa shape index (κ3) is 1.45. The van der Waals surface area contributed by atoms with Crippen molar-refractivity contribution in [3.8, 4) is 0 Å². The van der Waals surface area contributed by atoms with E-state index in [9.17, 15) is 4.79 Å². The van der Waals surface area contributed by atoms with Gasteiger partial charge in [-0.2, -0.15) is 0 Å². The minimum Gasteiger partial charge on any atom is -0.359 e. The summed E-state index contributed by atoms with van der Waals surface area (Å²) in [6.07, 6.45) is 0. The van der Waals surface area contributed by atoms with Crippen LogP contribution in [0.4, 0.5) is 5.82 Å². The first kappa shape index (κ1) is 10.2. The van der Waals surface area contributed by atoms with Crippen molar-refractivity contribution >= 4 is 5.82 Å². The number of anilines is 1. The maximum absolute atomic E-state index is 11.7. The lowest BCUT2D eigenvalue weighted by atomic mass is 10.0. The van der Waals surface area contributed by atoms with Crippen LogP contribution in [0.25, 0.3) is 0 Å². The van der Waals surface area contributed by atoms with Crippen molar-refractivity contribution in [2.24, 2.45) is 5.73 Å². The van der Waals surface area contributed by atoms with Gasteiger partial charge < -0.3 is 10.6 Å². The van der Waals surface area contributed by atoms with Crippen LogP contribution in [0.1, 0.15) is 24.1 Å². The topological polar surface area (TPSA) is 51.3 Å². The second-order valence-corrected chi connectivity index (χ2v) is 4.26. The van der Waals surface area contributed by atoms with E-state index in [1.54, 1.807) is 6.07 Å². The molecule has 0 amide bonds. The average Bonchev–Trinajstić information content (AvgIpc) is 2.48. The van der Waals surface area contributed by atoms with Gasteiger partial charge in [-0.3, -0.25) is 9.36 Å². The molecular weight excluding hydrogens is 190 g/mol. The van der Waals surface area contributed by atoms with Crippen molar-refractivity contribution in [3.63, 3.8) is 0 Å². The van der Waals surface area contributed by atoms with Crippen LogP contribution < -0.4 is 16.2 Å². The van der Waals surface area contributed by atoms with E-state index in [1.165, 1.54) is 0 Å². The summed E-state index contributed by atoms with van der Waals surface area (Å²) in [5, 5.41) is 0. The number of aryl methyl sites for hydroxylation is 1. The van der Waals surface area contributed by atoms with Gasteiger partial charge in [-0.25, -0.2) is 0 Å². The monoisotopic (exact) mass is 207 g/mol. The molecule has 0 spiro atoms. The molecule has 15 heavy (non-hydrogen) atoms. The molecule has 2 heterocycles. The molecule has 82 valence electrons. The quantitative estimate of drug-likeness (QED) is 0.734. The molecule has 0 aliphatic carbocycles. The number of nitrogens with two attached hydrogens (primary N) is 1. The smallest absolute Gasteiger partial charge is 0.252 e. The van der Waals surface area contributed by atoms with E-state index in [0.717, 1.165) is 30.0 Å². The maximum Gasteiger partial charge on any atom is 0.252 e. The molecule has 2 N–H and O–H groups in total. The number of rotatable bonds is 1. The maximum atomic E-state index is 11.7. The first-order valence-corrected chi connectivity index (χ1v) is 5.23. The lowest BCUT2D eigenvalue weighted by Crippen LogP contribution is -2.23. The van der Waals surface area contributed by atoms with Gasteiger partial charge in [0.25, 0.3) is 5.56 Å². The van der Waals surface area contributed by atoms with Crippen molar-refractivity contribution < 1.29 is 0 Å². The summed E-state index contributed by atoms with van der Waals surface area (Å²) in [7, 11) is 2.00. The predicted molar refractivity (Wildman–Crippen MR) is 61.3 cm³/mol. The Morgan fingerprint density at radius 2 is 2.13 bits per heavy atom.